The molecule has 1 atom stereocenters. The van der Waals surface area contributed by atoms with Crippen LogP contribution in [-0.2, 0) is 16.1 Å². The molecule has 0 radical (unpaired) electrons. The number of para-hydroxylation sites is 1. The molecule has 0 fully saturated rings. The van der Waals surface area contributed by atoms with E-state index in [-0.39, 0.29) is 18.5 Å². The van der Waals surface area contributed by atoms with E-state index in [4.69, 9.17) is 4.74 Å². The van der Waals surface area contributed by atoms with Gasteiger partial charge in [-0.15, -0.1) is 0 Å². The van der Waals surface area contributed by atoms with E-state index in [1.54, 1.807) is 10.8 Å². The number of aromatic nitrogens is 1. The molecule has 0 aliphatic rings. The molecule has 2 aromatic carbocycles. The third-order valence-corrected chi connectivity index (χ3v) is 4.79. The van der Waals surface area contributed by atoms with Gasteiger partial charge in [0.15, 0.2) is 0 Å². The molecule has 0 saturated heterocycles. The van der Waals surface area contributed by atoms with Crippen LogP contribution in [0.1, 0.15) is 40.0 Å². The van der Waals surface area contributed by atoms with E-state index in [1.165, 1.54) is 7.11 Å². The van der Waals surface area contributed by atoms with Gasteiger partial charge in [-0.2, -0.15) is 0 Å². The van der Waals surface area contributed by atoms with Crippen LogP contribution in [0, 0.1) is 13.8 Å². The summed E-state index contributed by atoms with van der Waals surface area (Å²) >= 11 is 0. The summed E-state index contributed by atoms with van der Waals surface area (Å²) in [6, 6.07) is 13.6. The van der Waals surface area contributed by atoms with Gasteiger partial charge < -0.3 is 14.6 Å². The number of ether oxygens (including phenoxy) is 1. The summed E-state index contributed by atoms with van der Waals surface area (Å²) in [7, 11) is 1.35. The molecule has 0 bridgehead atoms. The second-order valence-electron chi connectivity index (χ2n) is 6.83. The lowest BCUT2D eigenvalue weighted by Crippen LogP contribution is -2.30. The number of carbonyl (C=O) groups excluding carboxylic acids is 2. The van der Waals surface area contributed by atoms with E-state index in [0.717, 1.165) is 27.6 Å². The largest absolute Gasteiger partial charge is 0.465 e. The standard InChI is InChI=1S/C22H24N2O3/c1-14-9-10-15(2)18(11-14)16(3)23-21(25)13-24-12-19(22(26)27-4)17-7-5-6-8-20(17)24/h5-12,16H,13H2,1-4H3,(H,23,25). The molecule has 1 heterocycles. The number of hydrogen-bond donors (Lipinski definition) is 1. The number of carbonyl (C=O) groups is 2. The molecule has 3 aromatic rings. The molecule has 1 unspecified atom stereocenters. The second-order valence-corrected chi connectivity index (χ2v) is 6.83. The lowest BCUT2D eigenvalue weighted by Gasteiger charge is -2.18. The average Bonchev–Trinajstić information content (AvgIpc) is 3.01. The minimum Gasteiger partial charge on any atom is -0.465 e. The highest BCUT2D eigenvalue weighted by Gasteiger charge is 2.18. The van der Waals surface area contributed by atoms with Crippen molar-refractivity contribution in [3.05, 3.63) is 70.9 Å². The summed E-state index contributed by atoms with van der Waals surface area (Å²) in [4.78, 5) is 24.7. The number of aryl methyl sites for hydroxylation is 2. The number of fused-ring (bicyclic) bond motifs is 1. The fourth-order valence-electron chi connectivity index (χ4n) is 3.40. The minimum absolute atomic E-state index is 0.0979. The highest BCUT2D eigenvalue weighted by molar-refractivity contribution is 6.04. The molecule has 0 aliphatic carbocycles. The third-order valence-electron chi connectivity index (χ3n) is 4.79. The Morgan fingerprint density at radius 3 is 2.63 bits per heavy atom. The van der Waals surface area contributed by atoms with Crippen LogP contribution in [0.25, 0.3) is 10.9 Å². The van der Waals surface area contributed by atoms with Crippen LogP contribution < -0.4 is 5.32 Å². The Labute approximate surface area is 158 Å². The first-order valence-electron chi connectivity index (χ1n) is 8.93. The highest BCUT2D eigenvalue weighted by Crippen LogP contribution is 2.23. The van der Waals surface area contributed by atoms with Gasteiger partial charge in [-0.1, -0.05) is 42.0 Å². The smallest absolute Gasteiger partial charge is 0.340 e. The number of hydrogen-bond acceptors (Lipinski definition) is 3. The Balaban J connectivity index is 1.82. The van der Waals surface area contributed by atoms with Crippen LogP contribution in [0.4, 0.5) is 0 Å². The normalized spacial score (nSPS) is 12.0. The van der Waals surface area contributed by atoms with Crippen molar-refractivity contribution < 1.29 is 14.3 Å². The van der Waals surface area contributed by atoms with E-state index < -0.39 is 5.97 Å². The maximum Gasteiger partial charge on any atom is 0.340 e. The molecule has 0 saturated carbocycles. The van der Waals surface area contributed by atoms with Crippen molar-refractivity contribution >= 4 is 22.8 Å². The van der Waals surface area contributed by atoms with Crippen molar-refractivity contribution in [3.8, 4) is 0 Å². The Kier molecular flexibility index (Phi) is 5.31. The Morgan fingerprint density at radius 1 is 1.15 bits per heavy atom. The zero-order valence-corrected chi connectivity index (χ0v) is 16.1. The fourth-order valence-corrected chi connectivity index (χ4v) is 3.40. The number of amides is 1. The van der Waals surface area contributed by atoms with Gasteiger partial charge >= 0.3 is 5.97 Å². The zero-order valence-electron chi connectivity index (χ0n) is 16.1. The van der Waals surface area contributed by atoms with Crippen molar-refractivity contribution in [2.75, 3.05) is 7.11 Å². The third kappa shape index (κ3) is 3.87. The van der Waals surface area contributed by atoms with Gasteiger partial charge in [-0.25, -0.2) is 4.79 Å². The minimum atomic E-state index is -0.408. The molecule has 27 heavy (non-hydrogen) atoms. The summed E-state index contributed by atoms with van der Waals surface area (Å²) in [5.74, 6) is -0.519. The van der Waals surface area contributed by atoms with Gasteiger partial charge in [-0.3, -0.25) is 4.79 Å². The van der Waals surface area contributed by atoms with Crippen LogP contribution >= 0.6 is 0 Å². The van der Waals surface area contributed by atoms with Gasteiger partial charge in [0, 0.05) is 17.1 Å². The summed E-state index contributed by atoms with van der Waals surface area (Å²) < 4.78 is 6.64. The monoisotopic (exact) mass is 364 g/mol. The van der Waals surface area contributed by atoms with Crippen molar-refractivity contribution in [2.45, 2.75) is 33.4 Å². The van der Waals surface area contributed by atoms with Crippen LogP contribution in [0.3, 0.4) is 0 Å². The number of methoxy groups -OCH3 is 1. The van der Waals surface area contributed by atoms with Crippen molar-refractivity contribution in [1.29, 1.82) is 0 Å². The quantitative estimate of drug-likeness (QED) is 0.698. The fraction of sp³-hybridized carbons (Fsp3) is 0.273. The first-order valence-corrected chi connectivity index (χ1v) is 8.93. The van der Waals surface area contributed by atoms with Crippen LogP contribution in [-0.4, -0.2) is 23.6 Å². The summed E-state index contributed by atoms with van der Waals surface area (Å²) in [6.45, 7) is 6.19. The summed E-state index contributed by atoms with van der Waals surface area (Å²) in [5, 5.41) is 3.83. The molecular weight excluding hydrogens is 340 g/mol. The van der Waals surface area contributed by atoms with Crippen molar-refractivity contribution in [3.63, 3.8) is 0 Å². The summed E-state index contributed by atoms with van der Waals surface area (Å²) in [5.41, 5.74) is 4.70. The van der Waals surface area contributed by atoms with E-state index in [2.05, 4.69) is 23.5 Å². The number of esters is 1. The van der Waals surface area contributed by atoms with E-state index in [0.29, 0.717) is 5.56 Å². The molecule has 1 amide bonds. The Hall–Kier alpha value is -3.08. The predicted octanol–water partition coefficient (Wildman–Crippen LogP) is 3.92. The highest BCUT2D eigenvalue weighted by atomic mass is 16.5. The Morgan fingerprint density at radius 2 is 1.89 bits per heavy atom. The number of nitrogens with one attached hydrogen (secondary N) is 1. The van der Waals surface area contributed by atoms with Gasteiger partial charge in [0.05, 0.1) is 18.7 Å². The maximum absolute atomic E-state index is 12.6. The second kappa shape index (κ2) is 7.66. The van der Waals surface area contributed by atoms with Gasteiger partial charge in [0.2, 0.25) is 5.91 Å². The van der Waals surface area contributed by atoms with E-state index >= 15 is 0 Å². The van der Waals surface area contributed by atoms with Gasteiger partial charge in [0.1, 0.15) is 6.54 Å². The van der Waals surface area contributed by atoms with E-state index in [9.17, 15) is 9.59 Å². The lowest BCUT2D eigenvalue weighted by atomic mass is 10.00. The molecule has 1 aromatic heterocycles. The average molecular weight is 364 g/mol. The van der Waals surface area contributed by atoms with Crippen molar-refractivity contribution in [2.24, 2.45) is 0 Å². The molecule has 5 heteroatoms. The topological polar surface area (TPSA) is 60.3 Å². The van der Waals surface area contributed by atoms with E-state index in [1.807, 2.05) is 45.0 Å². The molecule has 140 valence electrons. The zero-order chi connectivity index (χ0) is 19.6. The summed E-state index contributed by atoms with van der Waals surface area (Å²) in [6.07, 6.45) is 1.68. The molecule has 0 spiro atoms. The Bertz CT molecular complexity index is 1000. The van der Waals surface area contributed by atoms with Gasteiger partial charge in [0.25, 0.3) is 0 Å². The first-order chi connectivity index (χ1) is 12.9. The SMILES string of the molecule is COC(=O)c1cn(CC(=O)NC(C)c2cc(C)ccc2C)c2ccccc12. The lowest BCUT2D eigenvalue weighted by molar-refractivity contribution is -0.122. The van der Waals surface area contributed by atoms with Crippen LogP contribution in [0.15, 0.2) is 48.7 Å². The van der Waals surface area contributed by atoms with Gasteiger partial charge in [-0.05, 0) is 38.0 Å². The molecule has 5 nitrogen and oxygen atoms in total. The van der Waals surface area contributed by atoms with Crippen molar-refractivity contribution in [1.82, 2.24) is 9.88 Å². The number of rotatable bonds is 5. The first kappa shape index (κ1) is 18.7. The molecular formula is C22H24N2O3. The molecule has 3 rings (SSSR count). The number of nitrogens with zero attached hydrogens (tertiary/aromatic N) is 1. The van der Waals surface area contributed by atoms with Crippen LogP contribution in [0.2, 0.25) is 0 Å². The molecule has 1 N–H and O–H groups in total. The number of benzene rings is 2. The van der Waals surface area contributed by atoms with Crippen LogP contribution in [0.5, 0.6) is 0 Å². The predicted molar refractivity (Wildman–Crippen MR) is 106 cm³/mol. The molecule has 0 aliphatic heterocycles. The maximum atomic E-state index is 12.6.